The van der Waals surface area contributed by atoms with Gasteiger partial charge in [-0.1, -0.05) is 12.1 Å². The monoisotopic (exact) mass is 451 g/mol. The first kappa shape index (κ1) is 23.2. The average Bonchev–Trinajstić information content (AvgIpc) is 3.02. The molecular weight excluding hydrogens is 418 g/mol. The zero-order chi connectivity index (χ0) is 23.4. The number of hydrogen-bond acceptors (Lipinski definition) is 6. The Bertz CT molecular complexity index is 970. The van der Waals surface area contributed by atoms with Crippen LogP contribution in [0.5, 0.6) is 0 Å². The SMILES string of the molecule is CN(C)C1CCN(CCN2CCCN(C(=O)c3ccc([N+](=O)[O-])cc3)c3ccccc32)CC1. The highest BCUT2D eigenvalue weighted by molar-refractivity contribution is 6.08. The zero-order valence-corrected chi connectivity index (χ0v) is 19.5. The number of para-hydroxylation sites is 2. The molecule has 2 aromatic rings. The van der Waals surface area contributed by atoms with E-state index in [1.807, 2.05) is 23.1 Å². The third-order valence-corrected chi connectivity index (χ3v) is 6.87. The van der Waals surface area contributed by atoms with Crippen LogP contribution in [0.4, 0.5) is 17.1 Å². The molecule has 0 atom stereocenters. The molecule has 2 heterocycles. The van der Waals surface area contributed by atoms with Crippen molar-refractivity contribution in [3.05, 3.63) is 64.2 Å². The molecule has 0 radical (unpaired) electrons. The van der Waals surface area contributed by atoms with Crippen molar-refractivity contribution in [2.45, 2.75) is 25.3 Å². The van der Waals surface area contributed by atoms with Crippen molar-refractivity contribution in [3.8, 4) is 0 Å². The van der Waals surface area contributed by atoms with E-state index in [-0.39, 0.29) is 11.6 Å². The number of fused-ring (bicyclic) bond motifs is 1. The number of nitro benzene ring substituents is 1. The summed E-state index contributed by atoms with van der Waals surface area (Å²) in [4.78, 5) is 32.9. The van der Waals surface area contributed by atoms with Crippen LogP contribution in [-0.4, -0.2) is 80.0 Å². The van der Waals surface area contributed by atoms with Gasteiger partial charge in [-0.05, 0) is 70.7 Å². The number of carbonyl (C=O) groups excluding carboxylic acids is 1. The molecule has 1 fully saturated rings. The number of anilines is 2. The van der Waals surface area contributed by atoms with Crippen molar-refractivity contribution >= 4 is 23.0 Å². The van der Waals surface area contributed by atoms with E-state index in [0.717, 1.165) is 50.5 Å². The molecule has 8 nitrogen and oxygen atoms in total. The van der Waals surface area contributed by atoms with Crippen LogP contribution >= 0.6 is 0 Å². The summed E-state index contributed by atoms with van der Waals surface area (Å²) in [6.45, 7) is 5.73. The molecule has 0 unspecified atom stereocenters. The minimum atomic E-state index is -0.448. The number of carbonyl (C=O) groups is 1. The van der Waals surface area contributed by atoms with Gasteiger partial charge in [0.25, 0.3) is 11.6 Å². The van der Waals surface area contributed by atoms with Crippen LogP contribution < -0.4 is 9.80 Å². The van der Waals surface area contributed by atoms with Gasteiger partial charge in [0.1, 0.15) is 0 Å². The Balaban J connectivity index is 1.46. The molecule has 0 saturated carbocycles. The van der Waals surface area contributed by atoms with E-state index in [4.69, 9.17) is 0 Å². The summed E-state index contributed by atoms with van der Waals surface area (Å²) in [5, 5.41) is 10.9. The number of hydrogen-bond donors (Lipinski definition) is 0. The molecule has 0 spiro atoms. The average molecular weight is 452 g/mol. The van der Waals surface area contributed by atoms with Crippen LogP contribution in [0.2, 0.25) is 0 Å². The fourth-order valence-corrected chi connectivity index (χ4v) is 4.87. The second kappa shape index (κ2) is 10.3. The summed E-state index contributed by atoms with van der Waals surface area (Å²) in [7, 11) is 4.33. The maximum atomic E-state index is 13.3. The van der Waals surface area contributed by atoms with E-state index in [9.17, 15) is 14.9 Å². The summed E-state index contributed by atoms with van der Waals surface area (Å²) in [6.07, 6.45) is 3.29. The highest BCUT2D eigenvalue weighted by atomic mass is 16.6. The fourth-order valence-electron chi connectivity index (χ4n) is 4.87. The number of non-ortho nitro benzene ring substituents is 1. The number of benzene rings is 2. The van der Waals surface area contributed by atoms with Crippen LogP contribution in [0.3, 0.4) is 0 Å². The normalized spacial score (nSPS) is 17.7. The van der Waals surface area contributed by atoms with Gasteiger partial charge in [-0.25, -0.2) is 0 Å². The number of nitrogens with zero attached hydrogens (tertiary/aromatic N) is 5. The largest absolute Gasteiger partial charge is 0.368 e. The van der Waals surface area contributed by atoms with Gasteiger partial charge < -0.3 is 19.6 Å². The number of amides is 1. The first-order valence-electron chi connectivity index (χ1n) is 11.7. The maximum Gasteiger partial charge on any atom is 0.269 e. The minimum Gasteiger partial charge on any atom is -0.368 e. The van der Waals surface area contributed by atoms with Gasteiger partial charge in [-0.15, -0.1) is 0 Å². The Labute approximate surface area is 195 Å². The number of likely N-dealkylation sites (tertiary alicyclic amines) is 1. The Morgan fingerprint density at radius 3 is 2.27 bits per heavy atom. The molecule has 176 valence electrons. The maximum absolute atomic E-state index is 13.3. The Morgan fingerprint density at radius 2 is 1.64 bits per heavy atom. The van der Waals surface area contributed by atoms with Crippen molar-refractivity contribution in [1.29, 1.82) is 0 Å². The van der Waals surface area contributed by atoms with Crippen molar-refractivity contribution in [3.63, 3.8) is 0 Å². The molecule has 4 rings (SSSR count). The third kappa shape index (κ3) is 5.34. The molecule has 1 amide bonds. The minimum absolute atomic E-state index is 0.0105. The van der Waals surface area contributed by atoms with Crippen LogP contribution in [0.15, 0.2) is 48.5 Å². The van der Waals surface area contributed by atoms with Crippen LogP contribution in [0.25, 0.3) is 0 Å². The van der Waals surface area contributed by atoms with Gasteiger partial charge in [-0.3, -0.25) is 14.9 Å². The Hall–Kier alpha value is -2.97. The van der Waals surface area contributed by atoms with E-state index < -0.39 is 4.92 Å². The molecule has 8 heteroatoms. The van der Waals surface area contributed by atoms with Gasteiger partial charge >= 0.3 is 0 Å². The first-order valence-corrected chi connectivity index (χ1v) is 11.7. The zero-order valence-electron chi connectivity index (χ0n) is 19.5. The van der Waals surface area contributed by atoms with Gasteiger partial charge in [0.2, 0.25) is 0 Å². The Morgan fingerprint density at radius 1 is 0.970 bits per heavy atom. The molecule has 1 saturated heterocycles. The molecule has 0 N–H and O–H groups in total. The fraction of sp³-hybridized carbons (Fsp3) is 0.480. The van der Waals surface area contributed by atoms with Crippen LogP contribution in [0.1, 0.15) is 29.6 Å². The molecule has 2 aliphatic heterocycles. The topological polar surface area (TPSA) is 73.2 Å². The van der Waals surface area contributed by atoms with E-state index in [1.165, 1.54) is 25.0 Å². The summed E-state index contributed by atoms with van der Waals surface area (Å²) < 4.78 is 0. The Kier molecular flexibility index (Phi) is 7.25. The highest BCUT2D eigenvalue weighted by Gasteiger charge is 2.27. The van der Waals surface area contributed by atoms with Crippen molar-refractivity contribution in [1.82, 2.24) is 9.80 Å². The molecule has 33 heavy (non-hydrogen) atoms. The third-order valence-electron chi connectivity index (χ3n) is 6.87. The molecular formula is C25H33N5O3. The van der Waals surface area contributed by atoms with Gasteiger partial charge in [0.05, 0.1) is 16.3 Å². The lowest BCUT2D eigenvalue weighted by atomic mass is 10.0. The van der Waals surface area contributed by atoms with E-state index >= 15 is 0 Å². The lowest BCUT2D eigenvalue weighted by Gasteiger charge is -2.36. The smallest absolute Gasteiger partial charge is 0.269 e. The van der Waals surface area contributed by atoms with Gasteiger partial charge in [-0.2, -0.15) is 0 Å². The van der Waals surface area contributed by atoms with Crippen LogP contribution in [-0.2, 0) is 0 Å². The van der Waals surface area contributed by atoms with E-state index in [0.29, 0.717) is 18.2 Å². The first-order chi connectivity index (χ1) is 15.9. The van der Waals surface area contributed by atoms with Gasteiger partial charge in [0.15, 0.2) is 0 Å². The highest BCUT2D eigenvalue weighted by Crippen LogP contribution is 2.33. The number of rotatable bonds is 6. The predicted octanol–water partition coefficient (Wildman–Crippen LogP) is 3.48. The summed E-state index contributed by atoms with van der Waals surface area (Å²) >= 11 is 0. The standard InChI is InChI=1S/C25H33N5O3/c1-26(2)21-12-16-27(17-13-21)18-19-28-14-5-15-29(24-7-4-3-6-23(24)28)25(31)20-8-10-22(11-9-20)30(32)33/h3-4,6-11,21H,5,12-19H2,1-2H3. The van der Waals surface area contributed by atoms with Crippen LogP contribution in [0, 0.1) is 10.1 Å². The molecule has 2 aliphatic rings. The lowest BCUT2D eigenvalue weighted by Crippen LogP contribution is -2.44. The second-order valence-electron chi connectivity index (χ2n) is 9.13. The molecule has 0 bridgehead atoms. The van der Waals surface area contributed by atoms with Crippen molar-refractivity contribution in [2.24, 2.45) is 0 Å². The second-order valence-corrected chi connectivity index (χ2v) is 9.13. The summed E-state index contributed by atoms with van der Waals surface area (Å²) in [5.41, 5.74) is 2.44. The summed E-state index contributed by atoms with van der Waals surface area (Å²) in [5.74, 6) is -0.120. The number of nitro groups is 1. The molecule has 2 aromatic carbocycles. The van der Waals surface area contributed by atoms with E-state index in [1.54, 1.807) is 12.1 Å². The predicted molar refractivity (Wildman–Crippen MR) is 131 cm³/mol. The molecule has 0 aliphatic carbocycles. The number of piperidine rings is 1. The van der Waals surface area contributed by atoms with Crippen molar-refractivity contribution < 1.29 is 9.72 Å². The quantitative estimate of drug-likeness (QED) is 0.495. The van der Waals surface area contributed by atoms with Gasteiger partial charge in [0, 0.05) is 49.9 Å². The van der Waals surface area contributed by atoms with E-state index in [2.05, 4.69) is 34.9 Å². The molecule has 0 aromatic heterocycles. The lowest BCUT2D eigenvalue weighted by molar-refractivity contribution is -0.384. The van der Waals surface area contributed by atoms with Crippen molar-refractivity contribution in [2.75, 3.05) is 63.2 Å². The summed E-state index contributed by atoms with van der Waals surface area (Å²) in [6, 6.07) is 14.6.